The van der Waals surface area contributed by atoms with Gasteiger partial charge in [0.2, 0.25) is 0 Å². The van der Waals surface area contributed by atoms with Crippen LogP contribution in [0.25, 0.3) is 11.6 Å². The molecule has 0 spiro atoms. The zero-order valence-corrected chi connectivity index (χ0v) is 9.91. The van der Waals surface area contributed by atoms with E-state index in [1.807, 2.05) is 30.3 Å². The number of benzene rings is 2. The van der Waals surface area contributed by atoms with Gasteiger partial charge in [-0.1, -0.05) is 60.1 Å². The van der Waals surface area contributed by atoms with E-state index in [4.69, 9.17) is 11.6 Å². The van der Waals surface area contributed by atoms with Gasteiger partial charge in [-0.05, 0) is 35.8 Å². The summed E-state index contributed by atoms with van der Waals surface area (Å²) in [5.41, 5.74) is 3.67. The number of hydrogen-bond donors (Lipinski definition) is 0. The molecule has 0 radical (unpaired) electrons. The zero-order chi connectivity index (χ0) is 11.4. The van der Waals surface area contributed by atoms with Crippen LogP contribution in [0.1, 0.15) is 18.1 Å². The quantitative estimate of drug-likeness (QED) is 0.642. The van der Waals surface area contributed by atoms with Gasteiger partial charge in [0, 0.05) is 5.02 Å². The Balaban J connectivity index is 2.28. The molecule has 2 aromatic carbocycles. The fourth-order valence-electron chi connectivity index (χ4n) is 1.59. The molecular formula is C15H13Cl. The Morgan fingerprint density at radius 1 is 0.938 bits per heavy atom. The third kappa shape index (κ3) is 2.74. The molecule has 80 valence electrons. The first kappa shape index (κ1) is 11.0. The molecule has 0 aliphatic rings. The van der Waals surface area contributed by atoms with E-state index in [0.717, 1.165) is 5.02 Å². The van der Waals surface area contributed by atoms with E-state index in [-0.39, 0.29) is 0 Å². The summed E-state index contributed by atoms with van der Waals surface area (Å²) in [4.78, 5) is 0. The number of hydrogen-bond acceptors (Lipinski definition) is 0. The van der Waals surface area contributed by atoms with Gasteiger partial charge in [0.1, 0.15) is 0 Å². The molecule has 0 heterocycles. The maximum absolute atomic E-state index is 5.84. The minimum atomic E-state index is 0.773. The highest BCUT2D eigenvalue weighted by atomic mass is 35.5. The molecule has 0 atom stereocenters. The van der Waals surface area contributed by atoms with E-state index in [2.05, 4.69) is 37.3 Å². The molecule has 0 aliphatic carbocycles. The Labute approximate surface area is 101 Å². The van der Waals surface area contributed by atoms with Crippen molar-refractivity contribution in [1.29, 1.82) is 0 Å². The molecular weight excluding hydrogens is 216 g/mol. The van der Waals surface area contributed by atoms with Crippen LogP contribution in [0.2, 0.25) is 5.02 Å². The van der Waals surface area contributed by atoms with Crippen LogP contribution in [-0.2, 0) is 0 Å². The van der Waals surface area contributed by atoms with Crippen molar-refractivity contribution in [1.82, 2.24) is 0 Å². The first-order valence-electron chi connectivity index (χ1n) is 5.25. The summed E-state index contributed by atoms with van der Waals surface area (Å²) in [5.74, 6) is 0. The van der Waals surface area contributed by atoms with Crippen molar-refractivity contribution in [3.63, 3.8) is 0 Å². The standard InChI is InChI=1S/C15H13Cl/c1-12(14-5-3-2-4-6-14)11-13-7-9-15(16)10-8-13/h2-11H,1H3/b12-11-. The van der Waals surface area contributed by atoms with Crippen LogP contribution < -0.4 is 0 Å². The molecule has 0 unspecified atom stereocenters. The predicted octanol–water partition coefficient (Wildman–Crippen LogP) is 4.90. The Bertz CT molecular complexity index is 481. The summed E-state index contributed by atoms with van der Waals surface area (Å²) in [6.45, 7) is 2.12. The number of rotatable bonds is 2. The largest absolute Gasteiger partial charge is 0.0843 e. The van der Waals surface area contributed by atoms with E-state index in [0.29, 0.717) is 0 Å². The summed E-state index contributed by atoms with van der Waals surface area (Å²) < 4.78 is 0. The van der Waals surface area contributed by atoms with Gasteiger partial charge >= 0.3 is 0 Å². The molecule has 0 saturated carbocycles. The molecule has 1 heteroatoms. The lowest BCUT2D eigenvalue weighted by molar-refractivity contribution is 1.57. The van der Waals surface area contributed by atoms with Gasteiger partial charge in [0.15, 0.2) is 0 Å². The van der Waals surface area contributed by atoms with Gasteiger partial charge in [-0.25, -0.2) is 0 Å². The summed E-state index contributed by atoms with van der Waals surface area (Å²) in [6, 6.07) is 18.2. The summed E-state index contributed by atoms with van der Waals surface area (Å²) in [7, 11) is 0. The van der Waals surface area contributed by atoms with Crippen LogP contribution in [0.3, 0.4) is 0 Å². The van der Waals surface area contributed by atoms with Crippen LogP contribution in [0, 0.1) is 0 Å². The molecule has 0 bridgehead atoms. The van der Waals surface area contributed by atoms with E-state index >= 15 is 0 Å². The van der Waals surface area contributed by atoms with Crippen LogP contribution >= 0.6 is 11.6 Å². The fraction of sp³-hybridized carbons (Fsp3) is 0.0667. The van der Waals surface area contributed by atoms with E-state index in [1.54, 1.807) is 0 Å². The van der Waals surface area contributed by atoms with Crippen LogP contribution in [0.15, 0.2) is 54.6 Å². The van der Waals surface area contributed by atoms with Crippen molar-refractivity contribution in [2.24, 2.45) is 0 Å². The zero-order valence-electron chi connectivity index (χ0n) is 9.15. The molecule has 16 heavy (non-hydrogen) atoms. The lowest BCUT2D eigenvalue weighted by Crippen LogP contribution is -1.78. The highest BCUT2D eigenvalue weighted by molar-refractivity contribution is 6.30. The minimum absolute atomic E-state index is 0.773. The molecule has 2 rings (SSSR count). The molecule has 0 fully saturated rings. The summed E-state index contributed by atoms with van der Waals surface area (Å²) in [6.07, 6.45) is 2.16. The molecule has 0 aliphatic heterocycles. The van der Waals surface area contributed by atoms with Gasteiger partial charge in [-0.3, -0.25) is 0 Å². The topological polar surface area (TPSA) is 0 Å². The fourth-order valence-corrected chi connectivity index (χ4v) is 1.72. The molecule has 0 saturated heterocycles. The Hall–Kier alpha value is -1.53. The third-order valence-corrected chi connectivity index (χ3v) is 2.73. The summed E-state index contributed by atoms with van der Waals surface area (Å²) in [5, 5.41) is 0.773. The van der Waals surface area contributed by atoms with Crippen molar-refractivity contribution in [2.75, 3.05) is 0 Å². The van der Waals surface area contributed by atoms with Gasteiger partial charge in [-0.15, -0.1) is 0 Å². The second-order valence-corrected chi connectivity index (χ2v) is 4.18. The highest BCUT2D eigenvalue weighted by Crippen LogP contribution is 2.18. The van der Waals surface area contributed by atoms with E-state index < -0.39 is 0 Å². The van der Waals surface area contributed by atoms with Crippen molar-refractivity contribution in [3.05, 3.63) is 70.7 Å². The maximum Gasteiger partial charge on any atom is 0.0406 e. The lowest BCUT2D eigenvalue weighted by atomic mass is 10.0. The van der Waals surface area contributed by atoms with Gasteiger partial charge in [-0.2, -0.15) is 0 Å². The number of halogens is 1. The first-order chi connectivity index (χ1) is 7.75. The van der Waals surface area contributed by atoms with E-state index in [1.165, 1.54) is 16.7 Å². The van der Waals surface area contributed by atoms with Gasteiger partial charge in [0.05, 0.1) is 0 Å². The van der Waals surface area contributed by atoms with E-state index in [9.17, 15) is 0 Å². The smallest absolute Gasteiger partial charge is 0.0406 e. The van der Waals surface area contributed by atoms with Crippen molar-refractivity contribution >= 4 is 23.3 Å². The van der Waals surface area contributed by atoms with Crippen LogP contribution in [-0.4, -0.2) is 0 Å². The minimum Gasteiger partial charge on any atom is -0.0843 e. The molecule has 0 amide bonds. The molecule has 2 aromatic rings. The first-order valence-corrected chi connectivity index (χ1v) is 5.63. The van der Waals surface area contributed by atoms with Gasteiger partial charge < -0.3 is 0 Å². The summed E-state index contributed by atoms with van der Waals surface area (Å²) >= 11 is 5.84. The van der Waals surface area contributed by atoms with Crippen molar-refractivity contribution in [2.45, 2.75) is 6.92 Å². The Morgan fingerprint density at radius 2 is 1.56 bits per heavy atom. The average Bonchev–Trinajstić information content (AvgIpc) is 2.33. The maximum atomic E-state index is 5.84. The molecule has 0 nitrogen and oxygen atoms in total. The van der Waals surface area contributed by atoms with Crippen LogP contribution in [0.5, 0.6) is 0 Å². The molecule has 0 aromatic heterocycles. The van der Waals surface area contributed by atoms with Gasteiger partial charge in [0.25, 0.3) is 0 Å². The Morgan fingerprint density at radius 3 is 2.19 bits per heavy atom. The SMILES string of the molecule is C/C(=C/c1ccc(Cl)cc1)c1ccccc1. The van der Waals surface area contributed by atoms with Crippen molar-refractivity contribution < 1.29 is 0 Å². The monoisotopic (exact) mass is 228 g/mol. The highest BCUT2D eigenvalue weighted by Gasteiger charge is 1.94. The number of allylic oxidation sites excluding steroid dienone is 1. The Kier molecular flexibility index (Phi) is 3.43. The second-order valence-electron chi connectivity index (χ2n) is 3.74. The second kappa shape index (κ2) is 5.00. The third-order valence-electron chi connectivity index (χ3n) is 2.48. The van der Waals surface area contributed by atoms with Crippen LogP contribution in [0.4, 0.5) is 0 Å². The lowest BCUT2D eigenvalue weighted by Gasteiger charge is -2.01. The molecule has 0 N–H and O–H groups in total. The average molecular weight is 229 g/mol. The predicted molar refractivity (Wildman–Crippen MR) is 71.4 cm³/mol. The van der Waals surface area contributed by atoms with Crippen molar-refractivity contribution in [3.8, 4) is 0 Å². The normalized spacial score (nSPS) is 11.5.